The Morgan fingerprint density at radius 2 is 2.31 bits per heavy atom. The van der Waals surface area contributed by atoms with E-state index in [1.807, 2.05) is 13.8 Å². The fourth-order valence-electron chi connectivity index (χ4n) is 1.51. The number of anilines is 1. The average molecular weight is 225 g/mol. The molecule has 0 spiro atoms. The average Bonchev–Trinajstić information content (AvgIpc) is 2.63. The summed E-state index contributed by atoms with van der Waals surface area (Å²) in [4.78, 5) is 4.47. The van der Waals surface area contributed by atoms with E-state index in [4.69, 9.17) is 4.74 Å². The van der Waals surface area contributed by atoms with Crippen molar-refractivity contribution in [1.29, 1.82) is 0 Å². The van der Waals surface area contributed by atoms with Crippen LogP contribution in [0.25, 0.3) is 0 Å². The SMILES string of the molecule is CCCCn1cc(C)nc1NCC(C)OC. The molecule has 16 heavy (non-hydrogen) atoms. The summed E-state index contributed by atoms with van der Waals surface area (Å²) >= 11 is 0. The maximum atomic E-state index is 5.20. The first-order valence-corrected chi connectivity index (χ1v) is 5.97. The number of ether oxygens (including phenoxy) is 1. The van der Waals surface area contributed by atoms with E-state index in [0.29, 0.717) is 0 Å². The summed E-state index contributed by atoms with van der Waals surface area (Å²) in [5.41, 5.74) is 1.06. The Labute approximate surface area is 98.0 Å². The van der Waals surface area contributed by atoms with Crippen molar-refractivity contribution in [2.75, 3.05) is 19.0 Å². The Bertz CT molecular complexity index is 309. The maximum absolute atomic E-state index is 5.20. The summed E-state index contributed by atoms with van der Waals surface area (Å²) in [6.45, 7) is 8.08. The molecule has 0 radical (unpaired) electrons. The molecule has 1 unspecified atom stereocenters. The summed E-state index contributed by atoms with van der Waals surface area (Å²) in [6, 6.07) is 0. The van der Waals surface area contributed by atoms with Gasteiger partial charge in [0.2, 0.25) is 5.95 Å². The Kier molecular flexibility index (Phi) is 5.32. The number of aryl methyl sites for hydroxylation is 2. The Balaban J connectivity index is 2.56. The van der Waals surface area contributed by atoms with Gasteiger partial charge in [0.05, 0.1) is 11.8 Å². The van der Waals surface area contributed by atoms with Crippen molar-refractivity contribution in [3.05, 3.63) is 11.9 Å². The van der Waals surface area contributed by atoms with Crippen molar-refractivity contribution >= 4 is 5.95 Å². The topological polar surface area (TPSA) is 39.1 Å². The monoisotopic (exact) mass is 225 g/mol. The van der Waals surface area contributed by atoms with Gasteiger partial charge >= 0.3 is 0 Å². The fourth-order valence-corrected chi connectivity index (χ4v) is 1.51. The second kappa shape index (κ2) is 6.53. The van der Waals surface area contributed by atoms with Gasteiger partial charge in [-0.1, -0.05) is 13.3 Å². The van der Waals surface area contributed by atoms with E-state index in [0.717, 1.165) is 24.7 Å². The molecule has 1 atom stereocenters. The number of nitrogens with one attached hydrogen (secondary N) is 1. The molecule has 0 bridgehead atoms. The second-order valence-corrected chi connectivity index (χ2v) is 4.18. The van der Waals surface area contributed by atoms with Gasteiger partial charge in [-0.3, -0.25) is 0 Å². The van der Waals surface area contributed by atoms with Crippen molar-refractivity contribution < 1.29 is 4.74 Å². The number of imidazole rings is 1. The molecule has 0 aliphatic heterocycles. The summed E-state index contributed by atoms with van der Waals surface area (Å²) in [7, 11) is 1.72. The number of hydrogen-bond donors (Lipinski definition) is 1. The van der Waals surface area contributed by atoms with Crippen LogP contribution in [0, 0.1) is 6.92 Å². The third-order valence-electron chi connectivity index (χ3n) is 2.60. The van der Waals surface area contributed by atoms with Gasteiger partial charge in [0.15, 0.2) is 0 Å². The van der Waals surface area contributed by atoms with Gasteiger partial charge in [0, 0.05) is 26.4 Å². The minimum absolute atomic E-state index is 0.205. The van der Waals surface area contributed by atoms with E-state index >= 15 is 0 Å². The lowest BCUT2D eigenvalue weighted by Crippen LogP contribution is -2.20. The zero-order valence-corrected chi connectivity index (χ0v) is 10.8. The van der Waals surface area contributed by atoms with Crippen LogP contribution in [0.1, 0.15) is 32.4 Å². The fraction of sp³-hybridized carbons (Fsp3) is 0.750. The number of rotatable bonds is 7. The largest absolute Gasteiger partial charge is 0.380 e. The zero-order valence-electron chi connectivity index (χ0n) is 10.8. The van der Waals surface area contributed by atoms with Crippen LogP contribution in [0.5, 0.6) is 0 Å². The summed E-state index contributed by atoms with van der Waals surface area (Å²) < 4.78 is 7.38. The lowest BCUT2D eigenvalue weighted by Gasteiger charge is -2.12. The second-order valence-electron chi connectivity index (χ2n) is 4.18. The van der Waals surface area contributed by atoms with E-state index < -0.39 is 0 Å². The van der Waals surface area contributed by atoms with Gasteiger partial charge in [-0.05, 0) is 20.3 Å². The Hall–Kier alpha value is -1.03. The molecule has 1 heterocycles. The van der Waals surface area contributed by atoms with Crippen LogP contribution < -0.4 is 5.32 Å². The predicted octanol–water partition coefficient (Wildman–Crippen LogP) is 2.44. The van der Waals surface area contributed by atoms with Gasteiger partial charge < -0.3 is 14.6 Å². The van der Waals surface area contributed by atoms with Gasteiger partial charge in [0.1, 0.15) is 0 Å². The first kappa shape index (κ1) is 13.0. The van der Waals surface area contributed by atoms with Crippen molar-refractivity contribution in [3.63, 3.8) is 0 Å². The van der Waals surface area contributed by atoms with Gasteiger partial charge in [0.25, 0.3) is 0 Å². The molecule has 0 fully saturated rings. The number of hydrogen-bond acceptors (Lipinski definition) is 3. The van der Waals surface area contributed by atoms with Crippen LogP contribution in [0.2, 0.25) is 0 Å². The van der Waals surface area contributed by atoms with E-state index in [1.54, 1.807) is 7.11 Å². The van der Waals surface area contributed by atoms with E-state index in [9.17, 15) is 0 Å². The van der Waals surface area contributed by atoms with Crippen LogP contribution in [0.15, 0.2) is 6.20 Å². The first-order valence-electron chi connectivity index (χ1n) is 5.97. The van der Waals surface area contributed by atoms with Crippen molar-refractivity contribution in [1.82, 2.24) is 9.55 Å². The standard InChI is InChI=1S/C12H23N3O/c1-5-6-7-15-9-10(2)14-12(15)13-8-11(3)16-4/h9,11H,5-8H2,1-4H3,(H,13,14). The lowest BCUT2D eigenvalue weighted by atomic mass is 10.3. The molecule has 4 nitrogen and oxygen atoms in total. The van der Waals surface area contributed by atoms with E-state index in [1.165, 1.54) is 12.8 Å². The lowest BCUT2D eigenvalue weighted by molar-refractivity contribution is 0.128. The van der Waals surface area contributed by atoms with E-state index in [-0.39, 0.29) is 6.10 Å². The normalized spacial score (nSPS) is 12.8. The third kappa shape index (κ3) is 3.85. The van der Waals surface area contributed by atoms with Crippen molar-refractivity contribution in [2.24, 2.45) is 0 Å². The van der Waals surface area contributed by atoms with Crippen LogP contribution in [-0.2, 0) is 11.3 Å². The Morgan fingerprint density at radius 1 is 1.56 bits per heavy atom. The highest BCUT2D eigenvalue weighted by atomic mass is 16.5. The van der Waals surface area contributed by atoms with E-state index in [2.05, 4.69) is 28.0 Å². The molecular weight excluding hydrogens is 202 g/mol. The molecule has 4 heteroatoms. The summed E-state index contributed by atoms with van der Waals surface area (Å²) in [6.07, 6.45) is 4.68. The van der Waals surface area contributed by atoms with Gasteiger partial charge in [-0.25, -0.2) is 4.98 Å². The van der Waals surface area contributed by atoms with Crippen LogP contribution in [-0.4, -0.2) is 29.3 Å². The highest BCUT2D eigenvalue weighted by Gasteiger charge is 2.06. The zero-order chi connectivity index (χ0) is 12.0. The Morgan fingerprint density at radius 3 is 2.94 bits per heavy atom. The number of nitrogens with zero attached hydrogens (tertiary/aromatic N) is 2. The molecule has 0 saturated carbocycles. The number of aromatic nitrogens is 2. The molecule has 1 aromatic heterocycles. The molecule has 0 aliphatic rings. The molecule has 0 aliphatic carbocycles. The quantitative estimate of drug-likeness (QED) is 0.774. The molecule has 1 N–H and O–H groups in total. The van der Waals surface area contributed by atoms with Crippen LogP contribution >= 0.6 is 0 Å². The number of methoxy groups -OCH3 is 1. The van der Waals surface area contributed by atoms with Crippen molar-refractivity contribution in [3.8, 4) is 0 Å². The highest BCUT2D eigenvalue weighted by molar-refractivity contribution is 5.28. The molecule has 1 rings (SSSR count). The van der Waals surface area contributed by atoms with Gasteiger partial charge in [-0.2, -0.15) is 0 Å². The summed E-state index contributed by atoms with van der Waals surface area (Å²) in [5.74, 6) is 0.954. The molecule has 92 valence electrons. The summed E-state index contributed by atoms with van der Waals surface area (Å²) in [5, 5.41) is 3.32. The molecule has 0 saturated heterocycles. The van der Waals surface area contributed by atoms with Gasteiger partial charge in [-0.15, -0.1) is 0 Å². The van der Waals surface area contributed by atoms with Crippen LogP contribution in [0.4, 0.5) is 5.95 Å². The predicted molar refractivity (Wildman–Crippen MR) is 66.8 cm³/mol. The molecule has 0 aromatic carbocycles. The highest BCUT2D eigenvalue weighted by Crippen LogP contribution is 2.10. The molecular formula is C12H23N3O. The minimum atomic E-state index is 0.205. The smallest absolute Gasteiger partial charge is 0.203 e. The molecule has 1 aromatic rings. The minimum Gasteiger partial charge on any atom is -0.380 e. The molecule has 0 amide bonds. The maximum Gasteiger partial charge on any atom is 0.203 e. The first-order chi connectivity index (χ1) is 7.67. The van der Waals surface area contributed by atoms with Crippen LogP contribution in [0.3, 0.4) is 0 Å². The van der Waals surface area contributed by atoms with Crippen molar-refractivity contribution in [2.45, 2.75) is 46.3 Å². The third-order valence-corrected chi connectivity index (χ3v) is 2.60. The number of unbranched alkanes of at least 4 members (excludes halogenated alkanes) is 1.